The second-order valence-electron chi connectivity index (χ2n) is 5.31. The predicted octanol–water partition coefficient (Wildman–Crippen LogP) is 3.71. The number of benzene rings is 1. The molecule has 17 heavy (non-hydrogen) atoms. The van der Waals surface area contributed by atoms with Gasteiger partial charge in [0.1, 0.15) is 0 Å². The standard InChI is InChI=1S/C15H20N2/c1-11-3-4-13(7-11)10-17-15-6-5-14(9-16)12(2)8-15/h5-6,8,11,13,17H,3-4,7,10H2,1-2H3. The topological polar surface area (TPSA) is 35.8 Å². The maximum absolute atomic E-state index is 8.87. The molecule has 2 atom stereocenters. The van der Waals surface area contributed by atoms with Crippen molar-refractivity contribution in [2.24, 2.45) is 11.8 Å². The second-order valence-corrected chi connectivity index (χ2v) is 5.31. The van der Waals surface area contributed by atoms with Crippen molar-refractivity contribution < 1.29 is 0 Å². The highest BCUT2D eigenvalue weighted by Crippen LogP contribution is 2.30. The Morgan fingerprint density at radius 1 is 1.41 bits per heavy atom. The summed E-state index contributed by atoms with van der Waals surface area (Å²) >= 11 is 0. The zero-order valence-corrected chi connectivity index (χ0v) is 10.7. The summed E-state index contributed by atoms with van der Waals surface area (Å²) in [5.41, 5.74) is 2.96. The van der Waals surface area contributed by atoms with E-state index in [-0.39, 0.29) is 0 Å². The number of anilines is 1. The third-order valence-electron chi connectivity index (χ3n) is 3.75. The van der Waals surface area contributed by atoms with Gasteiger partial charge in [0, 0.05) is 12.2 Å². The molecule has 0 amide bonds. The van der Waals surface area contributed by atoms with Crippen molar-refractivity contribution in [1.29, 1.82) is 5.26 Å². The molecule has 2 heteroatoms. The zero-order chi connectivity index (χ0) is 12.3. The number of rotatable bonds is 3. The molecule has 0 spiro atoms. The minimum Gasteiger partial charge on any atom is -0.385 e. The van der Waals surface area contributed by atoms with E-state index in [1.165, 1.54) is 19.3 Å². The number of hydrogen-bond acceptors (Lipinski definition) is 2. The van der Waals surface area contributed by atoms with Crippen LogP contribution in [0.15, 0.2) is 18.2 Å². The highest BCUT2D eigenvalue weighted by atomic mass is 14.9. The Hall–Kier alpha value is -1.49. The van der Waals surface area contributed by atoms with Crippen LogP contribution in [0.25, 0.3) is 0 Å². The summed E-state index contributed by atoms with van der Waals surface area (Å²) in [7, 11) is 0. The fourth-order valence-electron chi connectivity index (χ4n) is 2.67. The van der Waals surface area contributed by atoms with Crippen LogP contribution in [0.1, 0.15) is 37.3 Å². The quantitative estimate of drug-likeness (QED) is 0.856. The fraction of sp³-hybridized carbons (Fsp3) is 0.533. The second kappa shape index (κ2) is 5.23. The molecule has 0 aliphatic heterocycles. The summed E-state index contributed by atoms with van der Waals surface area (Å²) in [6, 6.07) is 8.17. The normalized spacial score (nSPS) is 23.4. The average molecular weight is 228 g/mol. The van der Waals surface area contributed by atoms with Gasteiger partial charge in [-0.25, -0.2) is 0 Å². The van der Waals surface area contributed by atoms with Crippen LogP contribution in [0.2, 0.25) is 0 Å². The van der Waals surface area contributed by atoms with Crippen LogP contribution < -0.4 is 5.32 Å². The molecule has 90 valence electrons. The lowest BCUT2D eigenvalue weighted by Crippen LogP contribution is -2.11. The van der Waals surface area contributed by atoms with Gasteiger partial charge in [-0.3, -0.25) is 0 Å². The van der Waals surface area contributed by atoms with Gasteiger partial charge >= 0.3 is 0 Å². The first kappa shape index (κ1) is 12.0. The van der Waals surface area contributed by atoms with Crippen LogP contribution >= 0.6 is 0 Å². The van der Waals surface area contributed by atoms with Gasteiger partial charge in [0.2, 0.25) is 0 Å². The fourth-order valence-corrected chi connectivity index (χ4v) is 2.67. The molecule has 0 heterocycles. The number of nitrogens with one attached hydrogen (secondary N) is 1. The van der Waals surface area contributed by atoms with Gasteiger partial charge in [-0.05, 0) is 55.4 Å². The van der Waals surface area contributed by atoms with E-state index in [1.807, 2.05) is 19.1 Å². The Morgan fingerprint density at radius 3 is 2.82 bits per heavy atom. The lowest BCUT2D eigenvalue weighted by atomic mass is 10.1. The molecule has 1 aromatic carbocycles. The summed E-state index contributed by atoms with van der Waals surface area (Å²) in [5.74, 6) is 1.71. The van der Waals surface area contributed by atoms with E-state index in [4.69, 9.17) is 5.26 Å². The van der Waals surface area contributed by atoms with Crippen molar-refractivity contribution in [2.45, 2.75) is 33.1 Å². The molecule has 2 unspecified atom stereocenters. The van der Waals surface area contributed by atoms with Gasteiger partial charge in [0.25, 0.3) is 0 Å². The SMILES string of the molecule is Cc1cc(NCC2CCC(C)C2)ccc1C#N. The molecular weight excluding hydrogens is 208 g/mol. The van der Waals surface area contributed by atoms with Crippen molar-refractivity contribution in [1.82, 2.24) is 0 Å². The Kier molecular flexibility index (Phi) is 3.68. The molecule has 1 aliphatic carbocycles. The van der Waals surface area contributed by atoms with E-state index >= 15 is 0 Å². The summed E-state index contributed by atoms with van der Waals surface area (Å²) < 4.78 is 0. The van der Waals surface area contributed by atoms with E-state index in [0.29, 0.717) is 0 Å². The molecule has 0 radical (unpaired) electrons. The van der Waals surface area contributed by atoms with Crippen molar-refractivity contribution in [3.05, 3.63) is 29.3 Å². The smallest absolute Gasteiger partial charge is 0.0994 e. The Bertz CT molecular complexity index is 431. The first-order valence-electron chi connectivity index (χ1n) is 6.43. The summed E-state index contributed by atoms with van der Waals surface area (Å²) in [6.07, 6.45) is 4.07. The van der Waals surface area contributed by atoms with Crippen molar-refractivity contribution >= 4 is 5.69 Å². The zero-order valence-electron chi connectivity index (χ0n) is 10.7. The van der Waals surface area contributed by atoms with Crippen LogP contribution in [0, 0.1) is 30.1 Å². The molecule has 1 saturated carbocycles. The van der Waals surface area contributed by atoms with Crippen LogP contribution in [-0.2, 0) is 0 Å². The highest BCUT2D eigenvalue weighted by Gasteiger charge is 2.20. The number of nitriles is 1. The van der Waals surface area contributed by atoms with Gasteiger partial charge in [-0.15, -0.1) is 0 Å². The van der Waals surface area contributed by atoms with Crippen molar-refractivity contribution in [3.63, 3.8) is 0 Å². The minimum absolute atomic E-state index is 0.769. The Balaban J connectivity index is 1.91. The average Bonchev–Trinajstić information content (AvgIpc) is 2.73. The lowest BCUT2D eigenvalue weighted by Gasteiger charge is -2.13. The molecule has 0 bridgehead atoms. The molecule has 2 nitrogen and oxygen atoms in total. The van der Waals surface area contributed by atoms with E-state index < -0.39 is 0 Å². The molecule has 0 saturated heterocycles. The van der Waals surface area contributed by atoms with Crippen LogP contribution in [0.4, 0.5) is 5.69 Å². The van der Waals surface area contributed by atoms with Crippen LogP contribution in [0.3, 0.4) is 0 Å². The number of aryl methyl sites for hydroxylation is 1. The van der Waals surface area contributed by atoms with E-state index in [0.717, 1.165) is 35.2 Å². The molecule has 1 aliphatic rings. The van der Waals surface area contributed by atoms with Gasteiger partial charge in [0.05, 0.1) is 11.6 Å². The third-order valence-corrected chi connectivity index (χ3v) is 3.75. The molecule has 1 N–H and O–H groups in total. The molecular formula is C15H20N2. The van der Waals surface area contributed by atoms with E-state index in [9.17, 15) is 0 Å². The summed E-state index contributed by atoms with van der Waals surface area (Å²) in [6.45, 7) is 5.39. The van der Waals surface area contributed by atoms with E-state index in [1.54, 1.807) is 0 Å². The maximum Gasteiger partial charge on any atom is 0.0994 e. The predicted molar refractivity (Wildman–Crippen MR) is 70.9 cm³/mol. The first-order chi connectivity index (χ1) is 8.19. The van der Waals surface area contributed by atoms with Gasteiger partial charge in [-0.1, -0.05) is 13.3 Å². The third kappa shape index (κ3) is 3.00. The van der Waals surface area contributed by atoms with Crippen LogP contribution in [0.5, 0.6) is 0 Å². The lowest BCUT2D eigenvalue weighted by molar-refractivity contribution is 0.537. The molecule has 2 rings (SSSR count). The van der Waals surface area contributed by atoms with Gasteiger partial charge in [0.15, 0.2) is 0 Å². The van der Waals surface area contributed by atoms with Crippen molar-refractivity contribution in [3.8, 4) is 6.07 Å². The molecule has 0 aromatic heterocycles. The molecule has 1 fully saturated rings. The van der Waals surface area contributed by atoms with E-state index in [2.05, 4.69) is 24.4 Å². The summed E-state index contributed by atoms with van der Waals surface area (Å²) in [5, 5.41) is 12.4. The number of nitrogens with zero attached hydrogens (tertiary/aromatic N) is 1. The largest absolute Gasteiger partial charge is 0.385 e. The Labute approximate surface area is 104 Å². The Morgan fingerprint density at radius 2 is 2.24 bits per heavy atom. The monoisotopic (exact) mass is 228 g/mol. The maximum atomic E-state index is 8.87. The van der Waals surface area contributed by atoms with Crippen molar-refractivity contribution in [2.75, 3.05) is 11.9 Å². The van der Waals surface area contributed by atoms with Gasteiger partial charge in [-0.2, -0.15) is 5.26 Å². The molecule has 1 aromatic rings. The number of hydrogen-bond donors (Lipinski definition) is 1. The van der Waals surface area contributed by atoms with Crippen LogP contribution in [-0.4, -0.2) is 6.54 Å². The summed E-state index contributed by atoms with van der Waals surface area (Å²) in [4.78, 5) is 0. The highest BCUT2D eigenvalue weighted by molar-refractivity contribution is 5.51. The first-order valence-corrected chi connectivity index (χ1v) is 6.43. The van der Waals surface area contributed by atoms with Gasteiger partial charge < -0.3 is 5.32 Å². The minimum atomic E-state index is 0.769.